The van der Waals surface area contributed by atoms with Crippen LogP contribution >= 0.6 is 0 Å². The molecule has 0 saturated carbocycles. The summed E-state index contributed by atoms with van der Waals surface area (Å²) in [4.78, 5) is 28.2. The molecule has 0 aliphatic carbocycles. The Morgan fingerprint density at radius 1 is 0.608 bits per heavy atom. The summed E-state index contributed by atoms with van der Waals surface area (Å²) in [5, 5.41) is 12.5. The standard InChI is InChI=1S/C40H25N9O2/c1-4-10-28-25(7-1)15-17-43-39(28)49-38(40-44-20-22-50-40)35(31-16-21-51-47-31)36(32-23-27-9-3-6-12-30(27)45-32)37(33-24-41-18-19-42-33)48(49)34-14-13-26-8-2-5-11-29(26)46-34/h1-24,45H. The van der Waals surface area contributed by atoms with E-state index in [4.69, 9.17) is 28.9 Å². The molecule has 0 amide bonds. The number of hydrazine groups is 1. The number of benzene rings is 3. The molecular formula is C40H25N9O2. The van der Waals surface area contributed by atoms with Crippen molar-refractivity contribution < 1.29 is 8.94 Å². The predicted molar refractivity (Wildman–Crippen MR) is 195 cm³/mol. The lowest BCUT2D eigenvalue weighted by Gasteiger charge is -2.43. The molecule has 242 valence electrons. The molecule has 0 atom stereocenters. The lowest BCUT2D eigenvalue weighted by Crippen LogP contribution is -2.45. The second-order valence-corrected chi connectivity index (χ2v) is 11.9. The highest BCUT2D eigenvalue weighted by atomic mass is 16.5. The topological polar surface area (TPSA) is 126 Å². The smallest absolute Gasteiger partial charge is 0.245 e. The molecule has 0 saturated heterocycles. The van der Waals surface area contributed by atoms with E-state index in [-0.39, 0.29) is 0 Å². The summed E-state index contributed by atoms with van der Waals surface area (Å²) >= 11 is 0. The Morgan fingerprint density at radius 2 is 1.47 bits per heavy atom. The first-order valence-corrected chi connectivity index (χ1v) is 16.3. The Balaban J connectivity index is 1.42. The molecular weight excluding hydrogens is 639 g/mol. The van der Waals surface area contributed by atoms with Crippen molar-refractivity contribution >= 4 is 66.8 Å². The number of oxazole rings is 1. The van der Waals surface area contributed by atoms with Crippen molar-refractivity contribution in [3.8, 4) is 0 Å². The van der Waals surface area contributed by atoms with Crippen molar-refractivity contribution in [3.63, 3.8) is 0 Å². The number of allylic oxidation sites excluding steroid dienone is 2. The van der Waals surface area contributed by atoms with Gasteiger partial charge in [-0.2, -0.15) is 0 Å². The van der Waals surface area contributed by atoms with Gasteiger partial charge in [-0.15, -0.1) is 0 Å². The van der Waals surface area contributed by atoms with Gasteiger partial charge in [0.25, 0.3) is 0 Å². The highest BCUT2D eigenvalue weighted by Crippen LogP contribution is 2.51. The quantitative estimate of drug-likeness (QED) is 0.185. The van der Waals surface area contributed by atoms with Crippen LogP contribution in [0.3, 0.4) is 0 Å². The highest BCUT2D eigenvalue weighted by molar-refractivity contribution is 6.27. The minimum atomic E-state index is 0.334. The molecule has 11 nitrogen and oxygen atoms in total. The van der Waals surface area contributed by atoms with Crippen LogP contribution in [-0.4, -0.2) is 35.1 Å². The third kappa shape index (κ3) is 4.67. The van der Waals surface area contributed by atoms with Crippen LogP contribution in [0.5, 0.6) is 0 Å². The fourth-order valence-corrected chi connectivity index (χ4v) is 6.77. The summed E-state index contributed by atoms with van der Waals surface area (Å²) in [6.45, 7) is 0. The Labute approximate surface area is 289 Å². The number of anilines is 2. The fourth-order valence-electron chi connectivity index (χ4n) is 6.77. The molecule has 6 aromatic heterocycles. The number of aromatic nitrogens is 7. The van der Waals surface area contributed by atoms with Gasteiger partial charge in [-0.1, -0.05) is 65.8 Å². The van der Waals surface area contributed by atoms with Crippen LogP contribution in [0.25, 0.3) is 55.1 Å². The van der Waals surface area contributed by atoms with E-state index in [0.717, 1.165) is 43.8 Å². The number of nitrogens with one attached hydrogen (secondary N) is 1. The van der Waals surface area contributed by atoms with E-state index < -0.39 is 0 Å². The molecule has 0 fully saturated rings. The molecule has 1 aliphatic rings. The molecule has 0 spiro atoms. The first-order valence-electron chi connectivity index (χ1n) is 16.3. The lowest BCUT2D eigenvalue weighted by molar-refractivity contribution is 0.418. The van der Waals surface area contributed by atoms with Gasteiger partial charge >= 0.3 is 0 Å². The van der Waals surface area contributed by atoms with E-state index in [2.05, 4.69) is 39.4 Å². The summed E-state index contributed by atoms with van der Waals surface area (Å²) in [6, 6.07) is 34.3. The fraction of sp³-hybridized carbons (Fsp3) is 0. The molecule has 10 rings (SSSR count). The molecule has 0 unspecified atom stereocenters. The molecule has 9 aromatic rings. The maximum Gasteiger partial charge on any atom is 0.245 e. The number of rotatable bonds is 6. The van der Waals surface area contributed by atoms with Crippen molar-refractivity contribution in [2.45, 2.75) is 0 Å². The molecule has 11 heteroatoms. The van der Waals surface area contributed by atoms with Gasteiger partial charge in [-0.25, -0.2) is 25.0 Å². The van der Waals surface area contributed by atoms with Gasteiger partial charge in [0.1, 0.15) is 35.3 Å². The zero-order valence-electron chi connectivity index (χ0n) is 26.8. The Bertz CT molecular complexity index is 2730. The molecule has 1 aliphatic heterocycles. The number of pyridine rings is 2. The Morgan fingerprint density at radius 3 is 2.29 bits per heavy atom. The second-order valence-electron chi connectivity index (χ2n) is 11.9. The molecule has 0 bridgehead atoms. The van der Waals surface area contributed by atoms with E-state index in [1.807, 2.05) is 88.9 Å². The van der Waals surface area contributed by atoms with Crippen LogP contribution in [0.15, 0.2) is 156 Å². The van der Waals surface area contributed by atoms with E-state index in [1.54, 1.807) is 43.5 Å². The lowest BCUT2D eigenvalue weighted by atomic mass is 9.91. The molecule has 7 heterocycles. The normalized spacial score (nSPS) is 13.6. The largest absolute Gasteiger partial charge is 0.443 e. The number of fused-ring (bicyclic) bond motifs is 3. The number of para-hydroxylation sites is 2. The second kappa shape index (κ2) is 11.6. The average Bonchev–Trinajstić information content (AvgIpc) is 4.00. The number of hydrogen-bond acceptors (Lipinski definition) is 10. The van der Waals surface area contributed by atoms with Crippen LogP contribution in [0, 0.1) is 0 Å². The molecule has 51 heavy (non-hydrogen) atoms. The van der Waals surface area contributed by atoms with Crippen molar-refractivity contribution in [2.75, 3.05) is 10.0 Å². The minimum absolute atomic E-state index is 0.334. The van der Waals surface area contributed by atoms with Crippen molar-refractivity contribution in [1.29, 1.82) is 0 Å². The van der Waals surface area contributed by atoms with Gasteiger partial charge < -0.3 is 13.9 Å². The summed E-state index contributed by atoms with van der Waals surface area (Å²) < 4.78 is 11.7. The molecule has 0 radical (unpaired) electrons. The number of H-pyrrole nitrogens is 1. The summed E-state index contributed by atoms with van der Waals surface area (Å²) in [7, 11) is 0. The van der Waals surface area contributed by atoms with Crippen LogP contribution < -0.4 is 10.0 Å². The summed E-state index contributed by atoms with van der Waals surface area (Å²) in [5.41, 5.74) is 6.36. The zero-order valence-corrected chi connectivity index (χ0v) is 26.8. The number of aromatic amines is 1. The first-order chi connectivity index (χ1) is 25.3. The van der Waals surface area contributed by atoms with Crippen LogP contribution in [0.4, 0.5) is 11.6 Å². The van der Waals surface area contributed by atoms with Crippen LogP contribution in [-0.2, 0) is 0 Å². The van der Waals surface area contributed by atoms with E-state index in [1.165, 1.54) is 0 Å². The van der Waals surface area contributed by atoms with Crippen molar-refractivity contribution in [3.05, 3.63) is 170 Å². The van der Waals surface area contributed by atoms with Gasteiger partial charge in [0, 0.05) is 63.2 Å². The Kier molecular flexibility index (Phi) is 6.52. The molecule has 3 aromatic carbocycles. The van der Waals surface area contributed by atoms with Gasteiger partial charge in [-0.3, -0.25) is 9.97 Å². The molecule has 1 N–H and O–H groups in total. The van der Waals surface area contributed by atoms with Crippen molar-refractivity contribution in [2.24, 2.45) is 0 Å². The third-order valence-corrected chi connectivity index (χ3v) is 8.94. The number of nitrogens with zero attached hydrogens (tertiary/aromatic N) is 8. The van der Waals surface area contributed by atoms with Gasteiger partial charge in [-0.05, 0) is 41.8 Å². The van der Waals surface area contributed by atoms with Gasteiger partial charge in [0.15, 0.2) is 11.6 Å². The van der Waals surface area contributed by atoms with E-state index >= 15 is 0 Å². The maximum absolute atomic E-state index is 6.20. The number of hydrogen-bond donors (Lipinski definition) is 1. The van der Waals surface area contributed by atoms with Crippen LogP contribution in [0.2, 0.25) is 0 Å². The predicted octanol–water partition coefficient (Wildman–Crippen LogP) is 8.41. The highest BCUT2D eigenvalue weighted by Gasteiger charge is 2.42. The van der Waals surface area contributed by atoms with Gasteiger partial charge in [0.05, 0.1) is 17.9 Å². The first kappa shape index (κ1) is 28.6. The zero-order chi connectivity index (χ0) is 33.7. The Hall–Kier alpha value is -7.40. The van der Waals surface area contributed by atoms with Crippen LogP contribution in [0.1, 0.15) is 23.0 Å². The summed E-state index contributed by atoms with van der Waals surface area (Å²) in [5.74, 6) is 1.54. The van der Waals surface area contributed by atoms with E-state index in [0.29, 0.717) is 45.9 Å². The third-order valence-electron chi connectivity index (χ3n) is 8.94. The maximum atomic E-state index is 6.20. The average molecular weight is 664 g/mol. The minimum Gasteiger partial charge on any atom is -0.443 e. The van der Waals surface area contributed by atoms with E-state index in [9.17, 15) is 0 Å². The van der Waals surface area contributed by atoms with Gasteiger partial charge in [0.2, 0.25) is 5.89 Å². The van der Waals surface area contributed by atoms with Crippen molar-refractivity contribution in [1.82, 2.24) is 35.1 Å². The summed E-state index contributed by atoms with van der Waals surface area (Å²) in [6.07, 6.45) is 11.6. The monoisotopic (exact) mass is 663 g/mol. The SMILES string of the molecule is c1ccc2nc(N3C(c4cnccn4)=C(c4cc5ccccc5[nH]4)C(c4ccon4)=C(c4ncco4)N3c3nccc4ccccc34)ccc2c1.